The third kappa shape index (κ3) is 5.03. The molecule has 2 aliphatic heterocycles. The minimum atomic E-state index is -3.73. The monoisotopic (exact) mass is 496 g/mol. The van der Waals surface area contributed by atoms with Crippen LogP contribution >= 0.6 is 0 Å². The summed E-state index contributed by atoms with van der Waals surface area (Å²) in [5, 5.41) is 10.2. The standard InChI is InChI=1S/C28H33FN2O3S/c29-24-13-15-25(16-14-24)35(33,34)30-17-3-4-18-31-26(19-30)28(27(31)20-32)23-11-9-22(10-12-23)8-7-21-5-1-2-6-21/h9-16,21,26-28,32H,1-6,17-20H2/t26-,27-,28-/m1/s1. The molecule has 0 spiro atoms. The van der Waals surface area contributed by atoms with E-state index in [9.17, 15) is 17.9 Å². The van der Waals surface area contributed by atoms with E-state index in [0.29, 0.717) is 19.0 Å². The molecule has 0 unspecified atom stereocenters. The van der Waals surface area contributed by atoms with E-state index in [0.717, 1.165) is 30.5 Å². The molecule has 186 valence electrons. The van der Waals surface area contributed by atoms with E-state index in [1.165, 1.54) is 49.9 Å². The molecule has 0 amide bonds. The van der Waals surface area contributed by atoms with E-state index in [2.05, 4.69) is 28.9 Å². The number of aliphatic hydroxyl groups is 1. The van der Waals surface area contributed by atoms with Crippen molar-refractivity contribution >= 4 is 10.0 Å². The number of nitrogens with zero attached hydrogens (tertiary/aromatic N) is 2. The predicted octanol–water partition coefficient (Wildman–Crippen LogP) is 3.98. The van der Waals surface area contributed by atoms with E-state index in [1.807, 2.05) is 12.1 Å². The van der Waals surface area contributed by atoms with Gasteiger partial charge in [-0.1, -0.05) is 36.8 Å². The maximum Gasteiger partial charge on any atom is 0.243 e. The maximum atomic E-state index is 13.4. The topological polar surface area (TPSA) is 60.9 Å². The molecule has 0 bridgehead atoms. The lowest BCUT2D eigenvalue weighted by Crippen LogP contribution is -2.67. The lowest BCUT2D eigenvalue weighted by atomic mass is 9.74. The van der Waals surface area contributed by atoms with Crippen molar-refractivity contribution in [3.05, 3.63) is 65.5 Å². The Bertz CT molecular complexity index is 1180. The zero-order chi connectivity index (χ0) is 24.4. The van der Waals surface area contributed by atoms with E-state index in [1.54, 1.807) is 4.31 Å². The summed E-state index contributed by atoms with van der Waals surface area (Å²) in [6, 6.07) is 13.3. The van der Waals surface area contributed by atoms with Crippen molar-refractivity contribution in [2.24, 2.45) is 5.92 Å². The van der Waals surface area contributed by atoms with E-state index in [-0.39, 0.29) is 29.5 Å². The summed E-state index contributed by atoms with van der Waals surface area (Å²) in [6.45, 7) is 1.68. The van der Waals surface area contributed by atoms with Crippen LogP contribution in [0, 0.1) is 23.6 Å². The predicted molar refractivity (Wildman–Crippen MR) is 134 cm³/mol. The van der Waals surface area contributed by atoms with Crippen molar-refractivity contribution in [1.29, 1.82) is 0 Å². The Labute approximate surface area is 208 Å². The van der Waals surface area contributed by atoms with Crippen LogP contribution in [0.1, 0.15) is 55.6 Å². The molecule has 1 N–H and O–H groups in total. The number of fused-ring (bicyclic) bond motifs is 1. The van der Waals surface area contributed by atoms with Gasteiger partial charge in [0.15, 0.2) is 0 Å². The third-order valence-electron chi connectivity index (χ3n) is 7.86. The van der Waals surface area contributed by atoms with Crippen LogP contribution in [0.5, 0.6) is 0 Å². The van der Waals surface area contributed by atoms with Gasteiger partial charge in [-0.15, -0.1) is 0 Å². The summed E-state index contributed by atoms with van der Waals surface area (Å²) < 4.78 is 41.7. The van der Waals surface area contributed by atoms with Gasteiger partial charge in [-0.2, -0.15) is 4.31 Å². The van der Waals surface area contributed by atoms with Gasteiger partial charge in [-0.25, -0.2) is 12.8 Å². The summed E-state index contributed by atoms with van der Waals surface area (Å²) in [5.41, 5.74) is 2.10. The molecule has 0 radical (unpaired) electrons. The van der Waals surface area contributed by atoms with Crippen molar-refractivity contribution < 1.29 is 17.9 Å². The highest BCUT2D eigenvalue weighted by Gasteiger charge is 2.50. The average molecular weight is 497 g/mol. The molecule has 2 aromatic carbocycles. The Morgan fingerprint density at radius 3 is 2.31 bits per heavy atom. The molecule has 5 nitrogen and oxygen atoms in total. The van der Waals surface area contributed by atoms with Crippen LogP contribution in [-0.2, 0) is 10.0 Å². The molecule has 3 fully saturated rings. The molecule has 2 heterocycles. The highest BCUT2D eigenvalue weighted by molar-refractivity contribution is 7.89. The maximum absolute atomic E-state index is 13.4. The van der Waals surface area contributed by atoms with Gasteiger partial charge in [0.05, 0.1) is 11.5 Å². The first-order valence-corrected chi connectivity index (χ1v) is 14.2. The van der Waals surface area contributed by atoms with E-state index < -0.39 is 15.8 Å². The van der Waals surface area contributed by atoms with Crippen molar-refractivity contribution in [1.82, 2.24) is 9.21 Å². The van der Waals surface area contributed by atoms with Gasteiger partial charge < -0.3 is 5.11 Å². The van der Waals surface area contributed by atoms with Crippen molar-refractivity contribution in [2.75, 3.05) is 26.2 Å². The summed E-state index contributed by atoms with van der Waals surface area (Å²) in [5.74, 6) is 6.81. The van der Waals surface area contributed by atoms with Crippen LogP contribution in [0.3, 0.4) is 0 Å². The molecular weight excluding hydrogens is 463 g/mol. The number of sulfonamides is 1. The fourth-order valence-corrected chi connectivity index (χ4v) is 7.42. The molecule has 7 heteroatoms. The van der Waals surface area contributed by atoms with Crippen LogP contribution in [0.2, 0.25) is 0 Å². The normalized spacial score (nSPS) is 26.2. The number of benzene rings is 2. The first-order chi connectivity index (χ1) is 17.0. The molecule has 0 aromatic heterocycles. The van der Waals surface area contributed by atoms with Gasteiger partial charge in [-0.05, 0) is 74.2 Å². The highest BCUT2D eigenvalue weighted by atomic mass is 32.2. The van der Waals surface area contributed by atoms with Crippen molar-refractivity contribution in [3.63, 3.8) is 0 Å². The second kappa shape index (κ2) is 10.4. The zero-order valence-electron chi connectivity index (χ0n) is 19.9. The van der Waals surface area contributed by atoms with Gasteiger partial charge in [0.2, 0.25) is 10.0 Å². The molecule has 3 aliphatic rings. The fourth-order valence-electron chi connectivity index (χ4n) is 5.93. The number of rotatable bonds is 4. The number of hydrogen-bond acceptors (Lipinski definition) is 4. The smallest absolute Gasteiger partial charge is 0.243 e. The number of halogens is 1. The molecule has 2 aromatic rings. The summed E-state index contributed by atoms with van der Waals surface area (Å²) in [4.78, 5) is 2.37. The van der Waals surface area contributed by atoms with Crippen LogP contribution < -0.4 is 0 Å². The Morgan fingerprint density at radius 2 is 1.63 bits per heavy atom. The third-order valence-corrected chi connectivity index (χ3v) is 9.73. The number of hydrogen-bond donors (Lipinski definition) is 1. The average Bonchev–Trinajstić information content (AvgIpc) is 3.36. The van der Waals surface area contributed by atoms with Crippen molar-refractivity contribution in [3.8, 4) is 11.8 Å². The van der Waals surface area contributed by atoms with Crippen LogP contribution in [0.15, 0.2) is 53.4 Å². The SMILES string of the molecule is O=S(=O)(c1ccc(F)cc1)N1CCCCN2[C@H](CO)[C@H](c3ccc(C#CC4CCCC4)cc3)[C@H]2C1. The highest BCUT2D eigenvalue weighted by Crippen LogP contribution is 2.42. The molecule has 1 saturated carbocycles. The molecule has 35 heavy (non-hydrogen) atoms. The van der Waals surface area contributed by atoms with Crippen LogP contribution in [0.25, 0.3) is 0 Å². The number of aliphatic hydroxyl groups excluding tert-OH is 1. The summed E-state index contributed by atoms with van der Waals surface area (Å²) in [6.07, 6.45) is 6.55. The van der Waals surface area contributed by atoms with Gasteiger partial charge in [0.25, 0.3) is 0 Å². The lowest BCUT2D eigenvalue weighted by Gasteiger charge is -2.57. The zero-order valence-corrected chi connectivity index (χ0v) is 20.8. The summed E-state index contributed by atoms with van der Waals surface area (Å²) >= 11 is 0. The Hall–Kier alpha value is -2.24. The van der Waals surface area contributed by atoms with Crippen molar-refractivity contribution in [2.45, 2.75) is 61.4 Å². The van der Waals surface area contributed by atoms with Gasteiger partial charge in [0.1, 0.15) is 5.82 Å². The van der Waals surface area contributed by atoms with Crippen LogP contribution in [-0.4, -0.2) is 61.1 Å². The molecule has 2 saturated heterocycles. The largest absolute Gasteiger partial charge is 0.395 e. The molecule has 5 rings (SSSR count). The summed E-state index contributed by atoms with van der Waals surface area (Å²) in [7, 11) is -3.73. The van der Waals surface area contributed by atoms with Gasteiger partial charge in [-0.3, -0.25) is 4.90 Å². The van der Waals surface area contributed by atoms with Gasteiger partial charge in [0, 0.05) is 42.6 Å². The van der Waals surface area contributed by atoms with Gasteiger partial charge >= 0.3 is 0 Å². The fraction of sp³-hybridized carbons (Fsp3) is 0.500. The molecular formula is C28H33FN2O3S. The molecule has 1 aliphatic carbocycles. The second-order valence-electron chi connectivity index (χ2n) is 9.98. The Balaban J connectivity index is 1.37. The minimum Gasteiger partial charge on any atom is -0.395 e. The van der Waals surface area contributed by atoms with E-state index >= 15 is 0 Å². The van der Waals surface area contributed by atoms with Crippen LogP contribution in [0.4, 0.5) is 4.39 Å². The second-order valence-corrected chi connectivity index (χ2v) is 11.9. The Kier molecular flexibility index (Phi) is 7.26. The minimum absolute atomic E-state index is 0.0157. The Morgan fingerprint density at radius 1 is 0.943 bits per heavy atom. The quantitative estimate of drug-likeness (QED) is 0.651. The molecule has 3 atom stereocenters. The van der Waals surface area contributed by atoms with E-state index in [4.69, 9.17) is 0 Å². The first-order valence-electron chi connectivity index (χ1n) is 12.7. The lowest BCUT2D eigenvalue weighted by molar-refractivity contribution is -0.0553. The first kappa shape index (κ1) is 24.5.